The Morgan fingerprint density at radius 3 is 2.12 bits per heavy atom. The molecule has 4 aromatic carbocycles. The van der Waals surface area contributed by atoms with Gasteiger partial charge in [0, 0.05) is 22.6 Å². The van der Waals surface area contributed by atoms with Gasteiger partial charge in [0.25, 0.3) is 11.8 Å². The quantitative estimate of drug-likeness (QED) is 0.133. The van der Waals surface area contributed by atoms with E-state index in [1.807, 2.05) is 0 Å². The van der Waals surface area contributed by atoms with Crippen LogP contribution >= 0.6 is 11.8 Å². The minimum atomic E-state index is -1.12. The van der Waals surface area contributed by atoms with Gasteiger partial charge in [0.15, 0.2) is 11.5 Å². The summed E-state index contributed by atoms with van der Waals surface area (Å²) in [5.74, 6) is -2.05. The van der Waals surface area contributed by atoms with E-state index in [9.17, 15) is 24.0 Å². The van der Waals surface area contributed by atoms with Crippen molar-refractivity contribution in [2.75, 3.05) is 31.5 Å². The van der Waals surface area contributed by atoms with Gasteiger partial charge < -0.3 is 30.0 Å². The van der Waals surface area contributed by atoms with Crippen LogP contribution in [-0.2, 0) is 14.4 Å². The molecule has 0 spiro atoms. The number of carboxylic acid groups (broad SMARTS) is 1. The number of carboxylic acids is 1. The number of carbonyl (C=O) groups excluding carboxylic acids is 4. The van der Waals surface area contributed by atoms with E-state index in [1.54, 1.807) is 66.7 Å². The Bertz CT molecular complexity index is 1920. The monoisotopic (exact) mass is 681 g/mol. The molecular formula is C36H31N3O9S. The molecule has 0 aliphatic carbocycles. The fourth-order valence-electron chi connectivity index (χ4n) is 5.02. The van der Waals surface area contributed by atoms with Crippen molar-refractivity contribution in [2.24, 2.45) is 0 Å². The number of hydrogen-bond donors (Lipinski definition) is 3. The first-order valence-corrected chi connectivity index (χ1v) is 15.7. The van der Waals surface area contributed by atoms with Gasteiger partial charge in [-0.15, -0.1) is 11.8 Å². The Hall–Kier alpha value is -6.08. The number of carbonyl (C=O) groups is 5. The van der Waals surface area contributed by atoms with Crippen LogP contribution in [0, 0.1) is 0 Å². The minimum Gasteiger partial charge on any atom is -0.493 e. The third kappa shape index (κ3) is 7.91. The molecule has 1 aliphatic rings. The van der Waals surface area contributed by atoms with E-state index in [2.05, 4.69) is 10.6 Å². The summed E-state index contributed by atoms with van der Waals surface area (Å²) in [4.78, 5) is 65.7. The van der Waals surface area contributed by atoms with E-state index in [1.165, 1.54) is 51.7 Å². The van der Waals surface area contributed by atoms with Crippen LogP contribution < -0.4 is 29.7 Å². The molecule has 1 atom stereocenters. The maximum atomic E-state index is 13.7. The first-order valence-electron chi connectivity index (χ1n) is 14.8. The fourth-order valence-corrected chi connectivity index (χ4v) is 6.14. The smallest absolute Gasteiger partial charge is 0.335 e. The number of methoxy groups -OCH3 is 3. The third-order valence-electron chi connectivity index (χ3n) is 7.37. The Balaban J connectivity index is 1.37. The highest BCUT2D eigenvalue weighted by Crippen LogP contribution is 2.39. The number of aromatic carboxylic acids is 1. The zero-order valence-corrected chi connectivity index (χ0v) is 27.4. The molecule has 4 amide bonds. The van der Waals surface area contributed by atoms with Gasteiger partial charge in [-0.25, -0.2) is 9.69 Å². The summed E-state index contributed by atoms with van der Waals surface area (Å²) in [5.41, 5.74) is 1.43. The molecule has 1 saturated heterocycles. The van der Waals surface area contributed by atoms with Crippen molar-refractivity contribution in [3.63, 3.8) is 0 Å². The van der Waals surface area contributed by atoms with Gasteiger partial charge in [-0.2, -0.15) is 0 Å². The van der Waals surface area contributed by atoms with Crippen LogP contribution in [0.25, 0.3) is 6.08 Å². The van der Waals surface area contributed by atoms with Gasteiger partial charge in [0.2, 0.25) is 17.6 Å². The maximum absolute atomic E-state index is 13.7. The molecule has 0 radical (unpaired) electrons. The normalized spacial score (nSPS) is 14.3. The number of hydrogen-bond acceptors (Lipinski definition) is 9. The highest BCUT2D eigenvalue weighted by molar-refractivity contribution is 8.00. The largest absolute Gasteiger partial charge is 0.493 e. The summed E-state index contributed by atoms with van der Waals surface area (Å²) in [7, 11) is 4.40. The van der Waals surface area contributed by atoms with Gasteiger partial charge in [0.05, 0.1) is 37.8 Å². The Morgan fingerprint density at radius 1 is 0.837 bits per heavy atom. The van der Waals surface area contributed by atoms with Gasteiger partial charge in [-0.05, 0) is 78.4 Å². The Kier molecular flexibility index (Phi) is 10.6. The van der Waals surface area contributed by atoms with Gasteiger partial charge in [-0.3, -0.25) is 19.2 Å². The zero-order chi connectivity index (χ0) is 35.1. The van der Waals surface area contributed by atoms with E-state index in [0.717, 1.165) is 16.7 Å². The van der Waals surface area contributed by atoms with E-state index >= 15 is 0 Å². The molecule has 49 heavy (non-hydrogen) atoms. The van der Waals surface area contributed by atoms with Crippen LogP contribution in [0.3, 0.4) is 0 Å². The average Bonchev–Trinajstić information content (AvgIpc) is 3.39. The van der Waals surface area contributed by atoms with E-state index in [0.29, 0.717) is 39.0 Å². The topological polar surface area (TPSA) is 161 Å². The number of nitrogens with zero attached hydrogens (tertiary/aromatic N) is 1. The SMILES string of the molecule is COc1cc(/C=C(\NC(=O)c2ccccc2)C(=O)Nc2cccc(SC3CC(=O)N(c4ccc(C(=O)O)cc4)C3=O)c2)cc(OC)c1OC. The lowest BCUT2D eigenvalue weighted by atomic mass is 10.1. The maximum Gasteiger partial charge on any atom is 0.335 e. The molecule has 1 unspecified atom stereocenters. The van der Waals surface area contributed by atoms with Crippen molar-refractivity contribution >= 4 is 58.8 Å². The molecule has 12 nitrogen and oxygen atoms in total. The Morgan fingerprint density at radius 2 is 1.51 bits per heavy atom. The van der Waals surface area contributed by atoms with Crippen LogP contribution in [0.4, 0.5) is 11.4 Å². The van der Waals surface area contributed by atoms with Crippen LogP contribution in [0.2, 0.25) is 0 Å². The molecule has 1 heterocycles. The molecule has 0 aromatic heterocycles. The highest BCUT2D eigenvalue weighted by atomic mass is 32.2. The van der Waals surface area contributed by atoms with Crippen LogP contribution in [0.15, 0.2) is 102 Å². The van der Waals surface area contributed by atoms with Crippen LogP contribution in [0.5, 0.6) is 17.2 Å². The second-order valence-electron chi connectivity index (χ2n) is 10.5. The van der Waals surface area contributed by atoms with Gasteiger partial charge in [0.1, 0.15) is 5.70 Å². The van der Waals surface area contributed by atoms with Crippen molar-refractivity contribution in [3.8, 4) is 17.2 Å². The molecule has 5 rings (SSSR count). The number of rotatable bonds is 12. The van der Waals surface area contributed by atoms with E-state index < -0.39 is 34.8 Å². The first-order chi connectivity index (χ1) is 23.6. The third-order valence-corrected chi connectivity index (χ3v) is 8.55. The van der Waals surface area contributed by atoms with Gasteiger partial charge in [-0.1, -0.05) is 24.3 Å². The van der Waals surface area contributed by atoms with Crippen molar-refractivity contribution in [1.29, 1.82) is 0 Å². The zero-order valence-electron chi connectivity index (χ0n) is 26.6. The molecule has 3 N–H and O–H groups in total. The molecule has 250 valence electrons. The summed E-state index contributed by atoms with van der Waals surface area (Å²) in [5, 5.41) is 13.9. The number of imide groups is 1. The molecule has 4 aromatic rings. The second-order valence-corrected chi connectivity index (χ2v) is 11.8. The first kappa shape index (κ1) is 34.3. The number of ether oxygens (including phenoxy) is 3. The fraction of sp³-hybridized carbons (Fsp3) is 0.139. The second kappa shape index (κ2) is 15.2. The number of benzene rings is 4. The number of anilines is 2. The minimum absolute atomic E-state index is 0.0359. The number of amides is 4. The van der Waals surface area contributed by atoms with Crippen molar-refractivity contribution in [3.05, 3.63) is 113 Å². The predicted molar refractivity (Wildman–Crippen MR) is 183 cm³/mol. The van der Waals surface area contributed by atoms with Gasteiger partial charge >= 0.3 is 5.97 Å². The van der Waals surface area contributed by atoms with Crippen LogP contribution in [-0.4, -0.2) is 61.3 Å². The summed E-state index contributed by atoms with van der Waals surface area (Å²) >= 11 is 1.16. The van der Waals surface area contributed by atoms with Crippen molar-refractivity contribution < 1.29 is 43.3 Å². The lowest BCUT2D eigenvalue weighted by molar-refractivity contribution is -0.121. The molecule has 0 saturated carbocycles. The molecule has 1 fully saturated rings. The van der Waals surface area contributed by atoms with Crippen LogP contribution in [0.1, 0.15) is 32.7 Å². The molecule has 0 bridgehead atoms. The summed E-state index contributed by atoms with van der Waals surface area (Å²) in [6.07, 6.45) is 1.41. The molecule has 1 aliphatic heterocycles. The molecular weight excluding hydrogens is 650 g/mol. The highest BCUT2D eigenvalue weighted by Gasteiger charge is 2.40. The van der Waals surface area contributed by atoms with E-state index in [-0.39, 0.29) is 23.4 Å². The van der Waals surface area contributed by atoms with Crippen molar-refractivity contribution in [2.45, 2.75) is 16.6 Å². The summed E-state index contributed by atoms with van der Waals surface area (Å²) in [6.45, 7) is 0. The lowest BCUT2D eigenvalue weighted by Crippen LogP contribution is -2.31. The molecule has 13 heteroatoms. The standard InChI is InChI=1S/C36H31N3O9S/c1-46-28-17-21(18-29(47-2)32(28)48-3)16-27(38-33(41)22-8-5-4-6-9-22)34(42)37-24-10-7-11-26(19-24)49-30-20-31(40)39(35(30)43)25-14-12-23(13-15-25)36(44)45/h4-19,30H,20H2,1-3H3,(H,37,42)(H,38,41)(H,44,45)/b27-16-. The summed E-state index contributed by atoms with van der Waals surface area (Å²) < 4.78 is 16.3. The number of thioether (sulfide) groups is 1. The van der Waals surface area contributed by atoms with E-state index in [4.69, 9.17) is 19.3 Å². The summed E-state index contributed by atoms with van der Waals surface area (Å²) in [6, 6.07) is 23.9. The van der Waals surface area contributed by atoms with Crippen molar-refractivity contribution in [1.82, 2.24) is 5.32 Å². The predicted octanol–water partition coefficient (Wildman–Crippen LogP) is 5.24. The average molecular weight is 682 g/mol. The number of nitrogens with one attached hydrogen (secondary N) is 2. The lowest BCUT2D eigenvalue weighted by Gasteiger charge is -2.16. The Labute approximate surface area is 285 Å².